The minimum Gasteiger partial charge on any atom is -0.355 e. The Morgan fingerprint density at radius 3 is 1.71 bits per heavy atom. The molecule has 3 heterocycles. The number of allylic oxidation sites excluding steroid dienone is 1. The number of aliphatic imine (C=N–C) groups is 1. The van der Waals surface area contributed by atoms with Crippen LogP contribution < -0.4 is 5.32 Å². The topological polar surface area (TPSA) is 54.6 Å². The van der Waals surface area contributed by atoms with Gasteiger partial charge in [-0.1, -0.05) is 115 Å². The molecule has 7 aromatic carbocycles. The average molecular weight is 712 g/mol. The summed E-state index contributed by atoms with van der Waals surface area (Å²) in [5.74, 6) is -0.163. The molecule has 1 atom stereocenters. The summed E-state index contributed by atoms with van der Waals surface area (Å²) < 4.78 is 4.58. The molecule has 1 amide bonds. The SMILES string of the molecule is Cc1c(C(=O)Nc2ccc(C3N=C(c4ccccc4)C=CN3C)cc2)c2c(c3ccccc3n2-c2ccccc2)c2c3ccccc3n(-c3ccccc3)c12. The lowest BCUT2D eigenvalue weighted by Crippen LogP contribution is -2.23. The van der Waals surface area contributed by atoms with E-state index in [0.717, 1.165) is 77.4 Å². The van der Waals surface area contributed by atoms with Crippen LogP contribution in [0.1, 0.15) is 33.2 Å². The number of amides is 1. The molecule has 0 saturated heterocycles. The summed E-state index contributed by atoms with van der Waals surface area (Å²) in [5, 5.41) is 7.77. The van der Waals surface area contributed by atoms with Crippen molar-refractivity contribution >= 4 is 60.9 Å². The molecule has 1 unspecified atom stereocenters. The van der Waals surface area contributed by atoms with Crippen LogP contribution >= 0.6 is 0 Å². The first kappa shape index (κ1) is 32.5. The van der Waals surface area contributed by atoms with Crippen molar-refractivity contribution < 1.29 is 4.79 Å². The van der Waals surface area contributed by atoms with Crippen molar-refractivity contribution in [2.45, 2.75) is 13.1 Å². The fourth-order valence-corrected chi connectivity index (χ4v) is 8.40. The van der Waals surface area contributed by atoms with Crippen molar-refractivity contribution in [3.63, 3.8) is 0 Å². The van der Waals surface area contributed by atoms with Gasteiger partial charge >= 0.3 is 0 Å². The number of carbonyl (C=O) groups is 1. The van der Waals surface area contributed by atoms with Crippen molar-refractivity contribution in [3.05, 3.63) is 198 Å². The number of nitrogens with one attached hydrogen (secondary N) is 1. The van der Waals surface area contributed by atoms with Gasteiger partial charge in [-0.25, -0.2) is 0 Å². The monoisotopic (exact) mass is 711 g/mol. The molecular weight excluding hydrogens is 675 g/mol. The van der Waals surface area contributed by atoms with E-state index in [0.29, 0.717) is 11.3 Å². The number of anilines is 1. The van der Waals surface area contributed by atoms with Gasteiger partial charge in [0.1, 0.15) is 6.17 Å². The fourth-order valence-electron chi connectivity index (χ4n) is 8.40. The Hall–Kier alpha value is -7.18. The molecule has 0 bridgehead atoms. The molecule has 0 spiro atoms. The molecular formula is C49H37N5O. The van der Waals surface area contributed by atoms with Crippen molar-refractivity contribution in [3.8, 4) is 11.4 Å². The molecule has 6 heteroatoms. The van der Waals surface area contributed by atoms with Crippen molar-refractivity contribution in [2.24, 2.45) is 4.99 Å². The van der Waals surface area contributed by atoms with Crippen LogP contribution in [0.25, 0.3) is 55.0 Å². The van der Waals surface area contributed by atoms with E-state index < -0.39 is 0 Å². The summed E-state index contributed by atoms with van der Waals surface area (Å²) in [7, 11) is 2.03. The predicted molar refractivity (Wildman–Crippen MR) is 227 cm³/mol. The standard InChI is InChI=1S/C49H37N5O/c1-32-43(49(55)50-35-28-26-34(27-29-35)48-51-40(30-31-52(48)2)33-16-6-3-7-17-33)47-45(39-23-13-15-25-42(39)54(47)37-20-10-5-11-21-37)44-38-22-12-14-24-41(38)53(46(32)44)36-18-8-4-9-19-36/h3-31,48H,1-2H3,(H,50,55). The largest absolute Gasteiger partial charge is 0.355 e. The van der Waals surface area contributed by atoms with Gasteiger partial charge in [-0.2, -0.15) is 0 Å². The molecule has 0 fully saturated rings. The summed E-state index contributed by atoms with van der Waals surface area (Å²) >= 11 is 0. The van der Waals surface area contributed by atoms with Gasteiger partial charge in [0, 0.05) is 51.9 Å². The predicted octanol–water partition coefficient (Wildman–Crippen LogP) is 11.4. The molecule has 0 radical (unpaired) electrons. The number of benzene rings is 7. The second-order valence-corrected chi connectivity index (χ2v) is 14.1. The smallest absolute Gasteiger partial charge is 0.258 e. The zero-order valence-corrected chi connectivity index (χ0v) is 30.5. The van der Waals surface area contributed by atoms with Crippen LogP contribution in [0.4, 0.5) is 5.69 Å². The minimum absolute atomic E-state index is 0.163. The Balaban J connectivity index is 1.17. The van der Waals surface area contributed by atoms with Gasteiger partial charge in [0.2, 0.25) is 0 Å². The third kappa shape index (κ3) is 5.25. The number of hydrogen-bond donors (Lipinski definition) is 1. The van der Waals surface area contributed by atoms with Crippen LogP contribution in [-0.2, 0) is 0 Å². The summed E-state index contributed by atoms with van der Waals surface area (Å²) in [6.45, 7) is 2.10. The first-order chi connectivity index (χ1) is 27.1. The molecule has 1 N–H and O–H groups in total. The average Bonchev–Trinajstić information content (AvgIpc) is 3.76. The molecule has 1 aliphatic heterocycles. The van der Waals surface area contributed by atoms with E-state index in [1.54, 1.807) is 0 Å². The third-order valence-electron chi connectivity index (χ3n) is 10.9. The third-order valence-corrected chi connectivity index (χ3v) is 10.9. The Morgan fingerprint density at radius 2 is 1.11 bits per heavy atom. The maximum absolute atomic E-state index is 15.1. The molecule has 9 aromatic rings. The highest BCUT2D eigenvalue weighted by atomic mass is 16.1. The highest BCUT2D eigenvalue weighted by molar-refractivity contribution is 6.33. The van der Waals surface area contributed by atoms with Crippen LogP contribution in [0.5, 0.6) is 0 Å². The summed E-state index contributed by atoms with van der Waals surface area (Å²) in [4.78, 5) is 22.3. The van der Waals surface area contributed by atoms with Gasteiger partial charge in [0.25, 0.3) is 5.91 Å². The number of nitrogens with zero attached hydrogens (tertiary/aromatic N) is 4. The molecule has 10 rings (SSSR count). The highest BCUT2D eigenvalue weighted by Crippen LogP contribution is 2.46. The molecule has 264 valence electrons. The normalized spacial score (nSPS) is 14.3. The number of para-hydroxylation sites is 4. The van der Waals surface area contributed by atoms with Crippen LogP contribution in [0.3, 0.4) is 0 Å². The van der Waals surface area contributed by atoms with Gasteiger partial charge in [-0.05, 0) is 78.2 Å². The van der Waals surface area contributed by atoms with Crippen molar-refractivity contribution in [1.29, 1.82) is 0 Å². The zero-order chi connectivity index (χ0) is 37.0. The maximum Gasteiger partial charge on any atom is 0.258 e. The number of fused-ring (bicyclic) bond motifs is 7. The van der Waals surface area contributed by atoms with Crippen molar-refractivity contribution in [1.82, 2.24) is 14.0 Å². The maximum atomic E-state index is 15.1. The first-order valence-corrected chi connectivity index (χ1v) is 18.6. The summed E-state index contributed by atoms with van der Waals surface area (Å²) in [5.41, 5.74) is 11.4. The van der Waals surface area contributed by atoms with E-state index in [-0.39, 0.29) is 12.1 Å². The van der Waals surface area contributed by atoms with Gasteiger partial charge in [0.15, 0.2) is 0 Å². The number of aromatic nitrogens is 2. The lowest BCUT2D eigenvalue weighted by atomic mass is 9.96. The van der Waals surface area contributed by atoms with Gasteiger partial charge in [-0.3, -0.25) is 9.79 Å². The number of carbonyl (C=O) groups excluding carboxylic acids is 1. The highest BCUT2D eigenvalue weighted by Gasteiger charge is 2.29. The number of aryl methyl sites for hydroxylation is 1. The molecule has 2 aromatic heterocycles. The van der Waals surface area contributed by atoms with E-state index in [1.807, 2.05) is 55.6 Å². The summed E-state index contributed by atoms with van der Waals surface area (Å²) in [6.07, 6.45) is 3.93. The lowest BCUT2D eigenvalue weighted by molar-refractivity contribution is 0.102. The lowest BCUT2D eigenvalue weighted by Gasteiger charge is -2.28. The second kappa shape index (κ2) is 13.0. The van der Waals surface area contributed by atoms with E-state index in [2.05, 4.69) is 154 Å². The minimum atomic E-state index is -0.185. The Labute approximate surface area is 318 Å². The Morgan fingerprint density at radius 1 is 0.600 bits per heavy atom. The van der Waals surface area contributed by atoms with Crippen LogP contribution in [0.2, 0.25) is 0 Å². The Bertz CT molecular complexity index is 2980. The molecule has 55 heavy (non-hydrogen) atoms. The van der Waals surface area contributed by atoms with Crippen molar-refractivity contribution in [2.75, 3.05) is 12.4 Å². The van der Waals surface area contributed by atoms with Crippen LogP contribution in [0, 0.1) is 6.92 Å². The molecule has 0 saturated carbocycles. The first-order valence-electron chi connectivity index (χ1n) is 18.6. The van der Waals surface area contributed by atoms with E-state index >= 15 is 4.79 Å². The van der Waals surface area contributed by atoms with Crippen LogP contribution in [0.15, 0.2) is 181 Å². The molecule has 6 nitrogen and oxygen atoms in total. The van der Waals surface area contributed by atoms with E-state index in [1.165, 1.54) is 0 Å². The van der Waals surface area contributed by atoms with Crippen LogP contribution in [-0.4, -0.2) is 32.7 Å². The van der Waals surface area contributed by atoms with E-state index in [4.69, 9.17) is 4.99 Å². The second-order valence-electron chi connectivity index (χ2n) is 14.1. The number of hydrogen-bond acceptors (Lipinski definition) is 3. The van der Waals surface area contributed by atoms with Gasteiger partial charge in [0.05, 0.1) is 33.3 Å². The Kier molecular flexibility index (Phi) is 7.70. The van der Waals surface area contributed by atoms with Gasteiger partial charge in [-0.15, -0.1) is 0 Å². The zero-order valence-electron chi connectivity index (χ0n) is 30.5. The van der Waals surface area contributed by atoms with E-state index in [9.17, 15) is 0 Å². The fraction of sp³-hybridized carbons (Fsp3) is 0.0612. The quantitative estimate of drug-likeness (QED) is 0.187. The summed E-state index contributed by atoms with van der Waals surface area (Å²) in [6, 6.07) is 56.2. The molecule has 1 aliphatic rings. The number of rotatable bonds is 6. The van der Waals surface area contributed by atoms with Gasteiger partial charge < -0.3 is 19.4 Å². The molecule has 0 aliphatic carbocycles.